The molecule has 0 aromatic heterocycles. The summed E-state index contributed by atoms with van der Waals surface area (Å²) in [5.74, 6) is -2.11. The van der Waals surface area contributed by atoms with Gasteiger partial charge in [0, 0.05) is 6.54 Å². The van der Waals surface area contributed by atoms with Crippen LogP contribution in [0, 0.1) is 5.41 Å². The first-order valence-corrected chi connectivity index (χ1v) is 11.1. The number of hydrogen-bond donors (Lipinski definition) is 1. The predicted molar refractivity (Wildman–Crippen MR) is 120 cm³/mol. The minimum absolute atomic E-state index is 0.0263. The van der Waals surface area contributed by atoms with Gasteiger partial charge in [-0.15, -0.1) is 0 Å². The van der Waals surface area contributed by atoms with Crippen molar-refractivity contribution in [2.24, 2.45) is 5.41 Å². The summed E-state index contributed by atoms with van der Waals surface area (Å²) in [6.45, 7) is 12.6. The highest BCUT2D eigenvalue weighted by Gasteiger charge is 2.39. The van der Waals surface area contributed by atoms with Crippen LogP contribution in [-0.4, -0.2) is 57.8 Å². The summed E-state index contributed by atoms with van der Waals surface area (Å²) in [7, 11) is 0. The quantitative estimate of drug-likeness (QED) is 0.249. The van der Waals surface area contributed by atoms with Gasteiger partial charge in [0.25, 0.3) is 0 Å². The fourth-order valence-corrected chi connectivity index (χ4v) is 2.08. The lowest BCUT2D eigenvalue weighted by atomic mass is 9.91. The van der Waals surface area contributed by atoms with Crippen molar-refractivity contribution < 1.29 is 33.4 Å². The molecule has 0 spiro atoms. The highest BCUT2D eigenvalue weighted by atomic mass is 79.9. The summed E-state index contributed by atoms with van der Waals surface area (Å²) < 4.78 is 13.9. The third kappa shape index (κ3) is 11.3. The van der Waals surface area contributed by atoms with Gasteiger partial charge in [0.1, 0.15) is 32.9 Å². The Morgan fingerprint density at radius 3 is 1.50 bits per heavy atom. The average molecular weight is 559 g/mol. The van der Waals surface area contributed by atoms with E-state index >= 15 is 0 Å². The number of halogens is 2. The molecule has 10 heteroatoms. The Bertz CT molecular complexity index is 613. The molecular formula is C20H33Br2NO7. The van der Waals surface area contributed by atoms with Gasteiger partial charge in [-0.25, -0.2) is 0 Å². The number of carbonyl (C=O) groups is 4. The Morgan fingerprint density at radius 2 is 1.17 bits per heavy atom. The largest absolute Gasteiger partial charge is 0.463 e. The van der Waals surface area contributed by atoms with E-state index in [9.17, 15) is 19.2 Å². The number of esters is 3. The van der Waals surface area contributed by atoms with Crippen molar-refractivity contribution in [3.05, 3.63) is 0 Å². The molecular weight excluding hydrogens is 526 g/mol. The van der Waals surface area contributed by atoms with Crippen LogP contribution in [0.5, 0.6) is 0 Å². The molecule has 30 heavy (non-hydrogen) atoms. The van der Waals surface area contributed by atoms with E-state index in [4.69, 9.17) is 14.2 Å². The van der Waals surface area contributed by atoms with Crippen molar-refractivity contribution in [2.75, 3.05) is 19.8 Å². The molecule has 1 N–H and O–H groups in total. The van der Waals surface area contributed by atoms with E-state index in [0.717, 1.165) is 0 Å². The van der Waals surface area contributed by atoms with Crippen molar-refractivity contribution in [3.8, 4) is 0 Å². The number of rotatable bonds is 10. The second kappa shape index (κ2) is 10.9. The van der Waals surface area contributed by atoms with Gasteiger partial charge in [-0.05, 0) is 55.4 Å². The molecule has 0 saturated heterocycles. The summed E-state index contributed by atoms with van der Waals surface area (Å²) in [6, 6.07) is 0. The topological polar surface area (TPSA) is 108 Å². The second-order valence-electron chi connectivity index (χ2n) is 9.25. The van der Waals surface area contributed by atoms with Gasteiger partial charge in [-0.3, -0.25) is 19.2 Å². The van der Waals surface area contributed by atoms with Crippen LogP contribution in [0.25, 0.3) is 0 Å². The monoisotopic (exact) mass is 557 g/mol. The number of carbonyl (C=O) groups excluding carboxylic acids is 4. The first kappa shape index (κ1) is 28.8. The Kier molecular flexibility index (Phi) is 10.5. The van der Waals surface area contributed by atoms with Crippen LogP contribution in [0.2, 0.25) is 0 Å². The summed E-state index contributed by atoms with van der Waals surface area (Å²) in [6.07, 6.45) is -0.0263. The van der Waals surface area contributed by atoms with Crippen molar-refractivity contribution in [1.29, 1.82) is 0 Å². The molecule has 0 atom stereocenters. The van der Waals surface area contributed by atoms with Crippen LogP contribution in [0.1, 0.15) is 61.8 Å². The molecule has 8 nitrogen and oxygen atoms in total. The van der Waals surface area contributed by atoms with E-state index in [1.165, 1.54) is 6.92 Å². The lowest BCUT2D eigenvalue weighted by Crippen LogP contribution is -2.48. The molecule has 0 unspecified atom stereocenters. The highest BCUT2D eigenvalue weighted by molar-refractivity contribution is 9.10. The van der Waals surface area contributed by atoms with E-state index in [1.54, 1.807) is 48.5 Å². The Hall–Kier alpha value is -1.16. The molecule has 0 aromatic rings. The van der Waals surface area contributed by atoms with Gasteiger partial charge < -0.3 is 19.5 Å². The zero-order chi connectivity index (χ0) is 24.0. The van der Waals surface area contributed by atoms with Crippen LogP contribution in [-0.2, 0) is 33.4 Å². The van der Waals surface area contributed by atoms with Gasteiger partial charge in [-0.2, -0.15) is 0 Å². The molecule has 0 saturated carbocycles. The zero-order valence-electron chi connectivity index (χ0n) is 18.9. The summed E-state index contributed by atoms with van der Waals surface area (Å²) in [5.41, 5.74) is -1.97. The van der Waals surface area contributed by atoms with Crippen molar-refractivity contribution in [3.63, 3.8) is 0 Å². The molecule has 0 bridgehead atoms. The molecule has 0 radical (unpaired) electrons. The maximum Gasteiger partial charge on any atom is 0.322 e. The fraction of sp³-hybridized carbons (Fsp3) is 0.800. The van der Waals surface area contributed by atoms with Gasteiger partial charge in [0.05, 0.1) is 6.42 Å². The van der Waals surface area contributed by atoms with Crippen molar-refractivity contribution >= 4 is 55.7 Å². The number of nitrogens with one attached hydrogen (secondary N) is 1. The Morgan fingerprint density at radius 1 is 0.767 bits per heavy atom. The molecule has 0 heterocycles. The third-order valence-electron chi connectivity index (χ3n) is 3.60. The van der Waals surface area contributed by atoms with E-state index < -0.39 is 43.5 Å². The highest BCUT2D eigenvalue weighted by Crippen LogP contribution is 2.25. The first-order valence-electron chi connectivity index (χ1n) is 9.50. The molecule has 1 amide bonds. The molecule has 174 valence electrons. The average Bonchev–Trinajstić information content (AvgIpc) is 2.53. The molecule has 0 aromatic carbocycles. The van der Waals surface area contributed by atoms with Crippen LogP contribution < -0.4 is 5.32 Å². The van der Waals surface area contributed by atoms with E-state index in [1.807, 2.05) is 0 Å². The predicted octanol–water partition coefficient (Wildman–Crippen LogP) is 3.27. The van der Waals surface area contributed by atoms with Crippen LogP contribution in [0.15, 0.2) is 0 Å². The minimum Gasteiger partial charge on any atom is -0.463 e. The zero-order valence-corrected chi connectivity index (χ0v) is 22.1. The Balaban J connectivity index is 5.12. The lowest BCUT2D eigenvalue weighted by molar-refractivity contribution is -0.159. The standard InChI is InChI=1S/C20H33Br2NO7/c1-17(2,3)30-13(24)9-10-23-14(25)20(8,11-28-15(26)18(4,5)21)12-29-16(27)19(6,7)22/h9-12H2,1-8H3,(H,23,25). The smallest absolute Gasteiger partial charge is 0.322 e. The van der Waals surface area contributed by atoms with Crippen LogP contribution in [0.3, 0.4) is 0 Å². The van der Waals surface area contributed by atoms with E-state index in [-0.39, 0.29) is 26.2 Å². The molecule has 0 aliphatic heterocycles. The SMILES string of the molecule is CC(C)(C)OC(=O)CCNC(=O)C(C)(COC(=O)C(C)(C)Br)COC(=O)C(C)(C)Br. The maximum atomic E-state index is 12.8. The number of ether oxygens (including phenoxy) is 3. The van der Waals surface area contributed by atoms with Gasteiger partial charge >= 0.3 is 17.9 Å². The number of amides is 1. The first-order chi connectivity index (χ1) is 13.3. The maximum absolute atomic E-state index is 12.8. The summed E-state index contributed by atoms with van der Waals surface area (Å²) >= 11 is 6.40. The lowest BCUT2D eigenvalue weighted by Gasteiger charge is -2.29. The van der Waals surface area contributed by atoms with E-state index in [0.29, 0.717) is 0 Å². The molecule has 0 rings (SSSR count). The van der Waals surface area contributed by atoms with Crippen molar-refractivity contribution in [1.82, 2.24) is 5.32 Å². The van der Waals surface area contributed by atoms with Crippen LogP contribution >= 0.6 is 31.9 Å². The molecule has 0 aliphatic rings. The normalized spacial score (nSPS) is 12.7. The summed E-state index contributed by atoms with van der Waals surface area (Å²) in [4.78, 5) is 48.8. The minimum atomic E-state index is -1.35. The molecule has 0 aliphatic carbocycles. The fourth-order valence-electron chi connectivity index (χ4n) is 1.85. The van der Waals surface area contributed by atoms with Gasteiger partial charge in [-0.1, -0.05) is 31.9 Å². The van der Waals surface area contributed by atoms with Crippen molar-refractivity contribution in [2.45, 2.75) is 76.1 Å². The number of hydrogen-bond acceptors (Lipinski definition) is 7. The number of alkyl halides is 2. The van der Waals surface area contributed by atoms with E-state index in [2.05, 4.69) is 37.2 Å². The second-order valence-corrected chi connectivity index (χ2v) is 13.2. The van der Waals surface area contributed by atoms with Gasteiger partial charge in [0.2, 0.25) is 5.91 Å². The molecule has 0 fully saturated rings. The Labute approximate surface area is 195 Å². The summed E-state index contributed by atoms with van der Waals surface area (Å²) in [5, 5.41) is 2.62. The third-order valence-corrected chi connectivity index (χ3v) is 4.24. The van der Waals surface area contributed by atoms with Crippen LogP contribution in [0.4, 0.5) is 0 Å². The van der Waals surface area contributed by atoms with Gasteiger partial charge in [0.15, 0.2) is 0 Å².